The molecule has 1 aliphatic rings. The number of furan rings is 1. The van der Waals surface area contributed by atoms with Gasteiger partial charge in [0.2, 0.25) is 0 Å². The second kappa shape index (κ2) is 6.95. The third kappa shape index (κ3) is 4.14. The Hall–Kier alpha value is -0.800. The fourth-order valence-corrected chi connectivity index (χ4v) is 2.71. The largest absolute Gasteiger partial charge is 0.469 e. The summed E-state index contributed by atoms with van der Waals surface area (Å²) in [4.78, 5) is 2.35. The molecule has 1 aromatic rings. The van der Waals surface area contributed by atoms with Crippen LogP contribution in [-0.4, -0.2) is 31.1 Å². The number of nitrogens with zero attached hydrogens (tertiary/aromatic N) is 1. The molecule has 0 radical (unpaired) electrons. The molecular weight excluding hydrogens is 224 g/mol. The molecule has 0 spiro atoms. The van der Waals surface area contributed by atoms with Gasteiger partial charge in [-0.15, -0.1) is 0 Å². The van der Waals surface area contributed by atoms with Crippen molar-refractivity contribution in [3.63, 3.8) is 0 Å². The van der Waals surface area contributed by atoms with Crippen LogP contribution in [0.15, 0.2) is 16.7 Å². The smallest absolute Gasteiger partial charge is 0.105 e. The molecule has 1 aromatic heterocycles. The van der Waals surface area contributed by atoms with Crippen LogP contribution in [-0.2, 0) is 6.54 Å². The van der Waals surface area contributed by atoms with Crippen LogP contribution in [0.1, 0.15) is 43.4 Å². The van der Waals surface area contributed by atoms with Crippen molar-refractivity contribution in [3.05, 3.63) is 23.7 Å². The molecule has 1 heterocycles. The molecule has 0 unspecified atom stereocenters. The Labute approximate surface area is 111 Å². The first-order valence-electron chi connectivity index (χ1n) is 7.20. The van der Waals surface area contributed by atoms with Crippen LogP contribution in [0.2, 0.25) is 0 Å². The van der Waals surface area contributed by atoms with Gasteiger partial charge < -0.3 is 14.6 Å². The fourth-order valence-electron chi connectivity index (χ4n) is 2.71. The Morgan fingerprint density at radius 1 is 1.33 bits per heavy atom. The van der Waals surface area contributed by atoms with Crippen molar-refractivity contribution in [2.75, 3.05) is 20.1 Å². The fraction of sp³-hybridized carbons (Fsp3) is 0.733. The second-order valence-electron chi connectivity index (χ2n) is 5.53. The van der Waals surface area contributed by atoms with Gasteiger partial charge in [0, 0.05) is 31.2 Å². The third-order valence-corrected chi connectivity index (χ3v) is 3.94. The molecule has 1 N–H and O–H groups in total. The van der Waals surface area contributed by atoms with Gasteiger partial charge in [-0.2, -0.15) is 0 Å². The number of nitrogens with one attached hydrogen (secondary N) is 1. The maximum absolute atomic E-state index is 5.32. The molecule has 3 heteroatoms. The summed E-state index contributed by atoms with van der Waals surface area (Å²) in [5.41, 5.74) is 1.30. The second-order valence-corrected chi connectivity index (χ2v) is 5.53. The van der Waals surface area contributed by atoms with E-state index in [2.05, 4.69) is 23.3 Å². The molecule has 3 nitrogen and oxygen atoms in total. The highest BCUT2D eigenvalue weighted by Gasteiger charge is 2.12. The highest BCUT2D eigenvalue weighted by Crippen LogP contribution is 2.17. The van der Waals surface area contributed by atoms with E-state index in [0.29, 0.717) is 0 Å². The highest BCUT2D eigenvalue weighted by molar-refractivity contribution is 5.14. The zero-order valence-electron chi connectivity index (χ0n) is 11.7. The van der Waals surface area contributed by atoms with E-state index in [9.17, 15) is 0 Å². The van der Waals surface area contributed by atoms with Gasteiger partial charge >= 0.3 is 0 Å². The lowest BCUT2D eigenvalue weighted by molar-refractivity contribution is 0.299. The van der Waals surface area contributed by atoms with Crippen molar-refractivity contribution in [3.8, 4) is 0 Å². The predicted molar refractivity (Wildman–Crippen MR) is 74.7 cm³/mol. The first-order chi connectivity index (χ1) is 8.75. The first kappa shape index (κ1) is 13.6. The third-order valence-electron chi connectivity index (χ3n) is 3.94. The number of hydrogen-bond acceptors (Lipinski definition) is 3. The lowest BCUT2D eigenvalue weighted by atomic mass is 9.95. The molecule has 0 amide bonds. The van der Waals surface area contributed by atoms with Crippen molar-refractivity contribution >= 4 is 0 Å². The predicted octanol–water partition coefficient (Wildman–Crippen LogP) is 2.94. The summed E-state index contributed by atoms with van der Waals surface area (Å²) >= 11 is 0. The summed E-state index contributed by atoms with van der Waals surface area (Å²) in [7, 11) is 2.18. The van der Waals surface area contributed by atoms with Gasteiger partial charge in [-0.25, -0.2) is 0 Å². The summed E-state index contributed by atoms with van der Waals surface area (Å²) < 4.78 is 5.32. The Bertz CT molecular complexity index is 342. The van der Waals surface area contributed by atoms with Crippen molar-refractivity contribution in [2.45, 2.75) is 51.6 Å². The summed E-state index contributed by atoms with van der Waals surface area (Å²) in [6.07, 6.45) is 8.75. The number of hydrogen-bond donors (Lipinski definition) is 1. The Kier molecular flexibility index (Phi) is 5.26. The summed E-state index contributed by atoms with van der Waals surface area (Å²) in [6.45, 7) is 5.21. The molecule has 0 saturated heterocycles. The van der Waals surface area contributed by atoms with Gasteiger partial charge in [-0.3, -0.25) is 0 Å². The van der Waals surface area contributed by atoms with Gasteiger partial charge in [-0.05, 0) is 32.9 Å². The average Bonchev–Trinajstić information content (AvgIpc) is 2.76. The SMILES string of the molecule is Cc1occc1CN(C)CCNC1CCCCC1. The van der Waals surface area contributed by atoms with Crippen LogP contribution >= 0.6 is 0 Å². The van der Waals surface area contributed by atoms with Crippen LogP contribution in [0, 0.1) is 6.92 Å². The van der Waals surface area contributed by atoms with Crippen molar-refractivity contribution < 1.29 is 4.42 Å². The average molecular weight is 250 g/mol. The minimum absolute atomic E-state index is 0.766. The van der Waals surface area contributed by atoms with Gasteiger partial charge in [0.05, 0.1) is 6.26 Å². The van der Waals surface area contributed by atoms with Crippen LogP contribution in [0.5, 0.6) is 0 Å². The normalized spacial score (nSPS) is 17.5. The van der Waals surface area contributed by atoms with Gasteiger partial charge in [0.15, 0.2) is 0 Å². The summed E-state index contributed by atoms with van der Waals surface area (Å²) in [5.74, 6) is 1.04. The molecule has 1 aliphatic carbocycles. The van der Waals surface area contributed by atoms with Crippen molar-refractivity contribution in [2.24, 2.45) is 0 Å². The molecule has 102 valence electrons. The van der Waals surface area contributed by atoms with Gasteiger partial charge in [0.1, 0.15) is 5.76 Å². The first-order valence-corrected chi connectivity index (χ1v) is 7.20. The lowest BCUT2D eigenvalue weighted by Crippen LogP contribution is -2.36. The topological polar surface area (TPSA) is 28.4 Å². The van der Waals surface area contributed by atoms with E-state index in [1.807, 2.05) is 6.92 Å². The Balaban J connectivity index is 1.62. The van der Waals surface area contributed by atoms with Crippen LogP contribution in [0.3, 0.4) is 0 Å². The van der Waals surface area contributed by atoms with Crippen molar-refractivity contribution in [1.82, 2.24) is 10.2 Å². The molecule has 0 bridgehead atoms. The van der Waals surface area contributed by atoms with Crippen LogP contribution in [0.4, 0.5) is 0 Å². The quantitative estimate of drug-likeness (QED) is 0.841. The zero-order valence-corrected chi connectivity index (χ0v) is 11.7. The van der Waals surface area contributed by atoms with Gasteiger partial charge in [0.25, 0.3) is 0 Å². The molecule has 0 aliphatic heterocycles. The zero-order chi connectivity index (χ0) is 12.8. The Morgan fingerprint density at radius 2 is 2.11 bits per heavy atom. The molecule has 0 aromatic carbocycles. The van der Waals surface area contributed by atoms with E-state index < -0.39 is 0 Å². The summed E-state index contributed by atoms with van der Waals surface area (Å²) in [5, 5.41) is 3.68. The number of aryl methyl sites for hydroxylation is 1. The van der Waals surface area contributed by atoms with Crippen molar-refractivity contribution in [1.29, 1.82) is 0 Å². The lowest BCUT2D eigenvalue weighted by Gasteiger charge is -2.24. The minimum Gasteiger partial charge on any atom is -0.469 e. The van der Waals surface area contributed by atoms with Crippen LogP contribution < -0.4 is 5.32 Å². The maximum atomic E-state index is 5.32. The monoisotopic (exact) mass is 250 g/mol. The van der Waals surface area contributed by atoms with Crippen LogP contribution in [0.25, 0.3) is 0 Å². The molecule has 2 rings (SSSR count). The van der Waals surface area contributed by atoms with E-state index in [-0.39, 0.29) is 0 Å². The van der Waals surface area contributed by atoms with E-state index >= 15 is 0 Å². The Morgan fingerprint density at radius 3 is 2.78 bits per heavy atom. The molecular formula is C15H26N2O. The molecule has 18 heavy (non-hydrogen) atoms. The van der Waals surface area contributed by atoms with Gasteiger partial charge in [-0.1, -0.05) is 19.3 Å². The number of likely N-dealkylation sites (N-methyl/N-ethyl adjacent to an activating group) is 1. The maximum Gasteiger partial charge on any atom is 0.105 e. The molecule has 0 atom stereocenters. The summed E-state index contributed by atoms with van der Waals surface area (Å²) in [6, 6.07) is 2.84. The van der Waals surface area contributed by atoms with E-state index in [4.69, 9.17) is 4.42 Å². The number of rotatable bonds is 6. The minimum atomic E-state index is 0.766. The standard InChI is InChI=1S/C15H26N2O/c1-13-14(8-11-18-13)12-17(2)10-9-16-15-6-4-3-5-7-15/h8,11,15-16H,3-7,9-10,12H2,1-2H3. The van der Waals surface area contributed by atoms with E-state index in [0.717, 1.165) is 31.4 Å². The molecule has 1 fully saturated rings. The van der Waals surface area contributed by atoms with E-state index in [1.165, 1.54) is 37.7 Å². The van der Waals surface area contributed by atoms with E-state index in [1.54, 1.807) is 6.26 Å². The molecule has 1 saturated carbocycles. The highest BCUT2D eigenvalue weighted by atomic mass is 16.3.